The van der Waals surface area contributed by atoms with Crippen LogP contribution in [0.1, 0.15) is 28.2 Å². The van der Waals surface area contributed by atoms with Gasteiger partial charge in [-0.05, 0) is 34.4 Å². The van der Waals surface area contributed by atoms with Crippen molar-refractivity contribution in [1.29, 1.82) is 0 Å². The second-order valence-corrected chi connectivity index (χ2v) is 8.23. The van der Waals surface area contributed by atoms with E-state index in [0.717, 1.165) is 16.0 Å². The van der Waals surface area contributed by atoms with Crippen LogP contribution in [0.3, 0.4) is 0 Å². The maximum atomic E-state index is 14.6. The van der Waals surface area contributed by atoms with Crippen molar-refractivity contribution in [3.05, 3.63) is 101 Å². The largest absolute Gasteiger partial charge is 0.480 e. The Morgan fingerprint density at radius 1 is 0.839 bits per heavy atom. The zero-order chi connectivity index (χ0) is 21.5. The van der Waals surface area contributed by atoms with Gasteiger partial charge in [-0.2, -0.15) is 0 Å². The Morgan fingerprint density at radius 3 is 1.97 bits per heavy atom. The molecule has 0 spiro atoms. The van der Waals surface area contributed by atoms with E-state index in [2.05, 4.69) is 0 Å². The highest BCUT2D eigenvalue weighted by Gasteiger charge is 2.71. The molecule has 5 nitrogen and oxygen atoms in total. The number of hydrogen-bond acceptors (Lipinski definition) is 3. The van der Waals surface area contributed by atoms with Gasteiger partial charge in [-0.25, -0.2) is 9.29 Å². The molecule has 1 fully saturated rings. The van der Waals surface area contributed by atoms with Crippen molar-refractivity contribution >= 4 is 23.5 Å². The van der Waals surface area contributed by atoms with E-state index < -0.39 is 46.8 Å². The number of carboxylic acids is 1. The molecule has 7 rings (SSSR count). The molecule has 31 heavy (non-hydrogen) atoms. The lowest BCUT2D eigenvalue weighted by Gasteiger charge is -2.51. The summed E-state index contributed by atoms with van der Waals surface area (Å²) in [5, 5.41) is 10.6. The van der Waals surface area contributed by atoms with Crippen LogP contribution in [0.15, 0.2) is 72.8 Å². The molecule has 0 unspecified atom stereocenters. The van der Waals surface area contributed by atoms with Crippen molar-refractivity contribution in [2.75, 3.05) is 4.90 Å². The summed E-state index contributed by atoms with van der Waals surface area (Å²) < 4.78 is 14.6. The Bertz CT molecular complexity index is 1270. The minimum atomic E-state index is -1.71. The number of hydrogen-bond donors (Lipinski definition) is 1. The van der Waals surface area contributed by atoms with Gasteiger partial charge in [0.25, 0.3) is 0 Å². The van der Waals surface area contributed by atoms with E-state index in [4.69, 9.17) is 0 Å². The zero-order valence-electron chi connectivity index (χ0n) is 16.2. The molecule has 3 aliphatic carbocycles. The third-order valence-corrected chi connectivity index (χ3v) is 7.05. The minimum absolute atomic E-state index is 0.139. The van der Waals surface area contributed by atoms with E-state index in [1.54, 1.807) is 30.3 Å². The molecule has 0 saturated carbocycles. The first-order chi connectivity index (χ1) is 15.0. The molecule has 3 aromatic carbocycles. The summed E-state index contributed by atoms with van der Waals surface area (Å²) in [7, 11) is 0. The third-order valence-electron chi connectivity index (χ3n) is 7.05. The Kier molecular flexibility index (Phi) is 3.41. The standard InChI is InChI=1S/C25H16FNO4/c26-17-11-5-6-12-18(17)27-22(28)20-19-13-7-1-3-9-15(13)25(24(30)31,21(20)23(27)29)16-10-4-2-8-14(16)19/h1-12,19-21H,(H,30,31)/t19?,20-,21-,25?/m1/s1. The van der Waals surface area contributed by atoms with Crippen molar-refractivity contribution < 1.29 is 23.9 Å². The molecule has 3 aromatic rings. The van der Waals surface area contributed by atoms with Crippen LogP contribution in [-0.4, -0.2) is 22.9 Å². The fourth-order valence-electron chi connectivity index (χ4n) is 6.01. The number of amides is 2. The molecule has 2 atom stereocenters. The third kappa shape index (κ3) is 1.93. The number of para-hydroxylation sites is 1. The van der Waals surface area contributed by atoms with Crippen molar-refractivity contribution in [3.63, 3.8) is 0 Å². The monoisotopic (exact) mass is 413 g/mol. The average molecular weight is 413 g/mol. The first-order valence-corrected chi connectivity index (χ1v) is 10.0. The van der Waals surface area contributed by atoms with Crippen molar-refractivity contribution in [2.45, 2.75) is 11.3 Å². The minimum Gasteiger partial charge on any atom is -0.480 e. The van der Waals surface area contributed by atoms with E-state index in [1.807, 2.05) is 24.3 Å². The van der Waals surface area contributed by atoms with Crippen LogP contribution in [0.4, 0.5) is 10.1 Å². The van der Waals surface area contributed by atoms with Gasteiger partial charge in [0.1, 0.15) is 11.2 Å². The molecule has 1 aliphatic heterocycles. The quantitative estimate of drug-likeness (QED) is 0.653. The Balaban J connectivity index is 1.69. The van der Waals surface area contributed by atoms with E-state index in [0.29, 0.717) is 11.1 Å². The number of imide groups is 1. The molecule has 0 aromatic heterocycles. The van der Waals surface area contributed by atoms with Crippen LogP contribution < -0.4 is 4.90 Å². The van der Waals surface area contributed by atoms with Gasteiger partial charge < -0.3 is 5.11 Å². The predicted octanol–water partition coefficient (Wildman–Crippen LogP) is 3.46. The highest BCUT2D eigenvalue weighted by atomic mass is 19.1. The molecular formula is C25H16FNO4. The maximum Gasteiger partial charge on any atom is 0.319 e. The SMILES string of the molecule is O=C1[C@@H]2C3c4ccccc4C(C(=O)O)(c4ccccc43)[C@H]2C(=O)N1c1ccccc1F. The highest BCUT2D eigenvalue weighted by molar-refractivity contribution is 6.25. The van der Waals surface area contributed by atoms with E-state index in [1.165, 1.54) is 18.2 Å². The fraction of sp³-hybridized carbons (Fsp3) is 0.160. The highest BCUT2D eigenvalue weighted by Crippen LogP contribution is 2.64. The van der Waals surface area contributed by atoms with Gasteiger partial charge in [0.15, 0.2) is 0 Å². The number of anilines is 1. The lowest BCUT2D eigenvalue weighted by molar-refractivity contribution is -0.149. The number of rotatable bonds is 2. The number of benzene rings is 3. The molecular weight excluding hydrogens is 397 g/mol. The van der Waals surface area contributed by atoms with E-state index in [9.17, 15) is 23.9 Å². The topological polar surface area (TPSA) is 74.7 Å². The van der Waals surface area contributed by atoms with Crippen LogP contribution in [0, 0.1) is 17.7 Å². The fourth-order valence-corrected chi connectivity index (χ4v) is 6.01. The van der Waals surface area contributed by atoms with Crippen molar-refractivity contribution in [2.24, 2.45) is 11.8 Å². The molecule has 1 saturated heterocycles. The van der Waals surface area contributed by atoms with Crippen LogP contribution in [0.2, 0.25) is 0 Å². The number of halogens is 1. The number of carbonyl (C=O) groups excluding carboxylic acids is 2. The van der Waals surface area contributed by atoms with E-state index >= 15 is 0 Å². The van der Waals surface area contributed by atoms with Crippen molar-refractivity contribution in [1.82, 2.24) is 0 Å². The molecule has 0 radical (unpaired) electrons. The van der Waals surface area contributed by atoms with Gasteiger partial charge in [-0.3, -0.25) is 14.4 Å². The van der Waals surface area contributed by atoms with Gasteiger partial charge >= 0.3 is 5.97 Å². The summed E-state index contributed by atoms with van der Waals surface area (Å²) in [4.78, 5) is 41.2. The van der Waals surface area contributed by atoms with Gasteiger partial charge in [0, 0.05) is 5.92 Å². The number of nitrogens with zero attached hydrogens (tertiary/aromatic N) is 1. The number of carboxylic acid groups (broad SMARTS) is 1. The predicted molar refractivity (Wildman–Crippen MR) is 109 cm³/mol. The Morgan fingerprint density at radius 2 is 1.39 bits per heavy atom. The van der Waals surface area contributed by atoms with Crippen LogP contribution >= 0.6 is 0 Å². The Hall–Kier alpha value is -3.80. The summed E-state index contributed by atoms with van der Waals surface area (Å²) in [6, 6.07) is 19.8. The molecule has 152 valence electrons. The number of aliphatic carboxylic acids is 1. The summed E-state index contributed by atoms with van der Waals surface area (Å²) in [6.45, 7) is 0. The first kappa shape index (κ1) is 18.0. The zero-order valence-corrected chi connectivity index (χ0v) is 16.2. The van der Waals surface area contributed by atoms with Gasteiger partial charge in [-0.15, -0.1) is 0 Å². The lowest BCUT2D eigenvalue weighted by atomic mass is 9.47. The Labute approximate surface area is 176 Å². The van der Waals surface area contributed by atoms with Gasteiger partial charge in [0.05, 0.1) is 17.5 Å². The van der Waals surface area contributed by atoms with Crippen molar-refractivity contribution in [3.8, 4) is 0 Å². The number of carbonyl (C=O) groups is 3. The smallest absolute Gasteiger partial charge is 0.319 e. The summed E-state index contributed by atoms with van der Waals surface area (Å²) in [5.41, 5.74) is 0.690. The summed E-state index contributed by atoms with van der Waals surface area (Å²) in [5.74, 6) is -5.63. The average Bonchev–Trinajstić information content (AvgIpc) is 3.05. The van der Waals surface area contributed by atoms with Gasteiger partial charge in [-0.1, -0.05) is 60.7 Å². The summed E-state index contributed by atoms with van der Waals surface area (Å²) >= 11 is 0. The summed E-state index contributed by atoms with van der Waals surface area (Å²) in [6.07, 6.45) is 0. The molecule has 2 amide bonds. The molecule has 4 aliphatic rings. The van der Waals surface area contributed by atoms with Crippen LogP contribution in [0.25, 0.3) is 0 Å². The van der Waals surface area contributed by atoms with Crippen LogP contribution in [-0.2, 0) is 19.8 Å². The molecule has 1 heterocycles. The van der Waals surface area contributed by atoms with E-state index in [-0.39, 0.29) is 5.69 Å². The second kappa shape index (κ2) is 5.88. The molecule has 2 bridgehead atoms. The lowest BCUT2D eigenvalue weighted by Crippen LogP contribution is -2.57. The maximum absolute atomic E-state index is 14.6. The van der Waals surface area contributed by atoms with Crippen LogP contribution in [0.5, 0.6) is 0 Å². The molecule has 1 N–H and O–H groups in total. The van der Waals surface area contributed by atoms with Gasteiger partial charge in [0.2, 0.25) is 11.8 Å². The molecule has 6 heteroatoms. The first-order valence-electron chi connectivity index (χ1n) is 10.0. The second-order valence-electron chi connectivity index (χ2n) is 8.23. The normalized spacial score (nSPS) is 27.6.